The quantitative estimate of drug-likeness (QED) is 0.778. The van der Waals surface area contributed by atoms with Crippen LogP contribution in [0.5, 0.6) is 0 Å². The van der Waals surface area contributed by atoms with Gasteiger partial charge in [0, 0.05) is 25.7 Å². The molecule has 3 rings (SSSR count). The smallest absolute Gasteiger partial charge is 0.128 e. The molecule has 1 aromatic rings. The number of aromatic nitrogens is 1. The van der Waals surface area contributed by atoms with Gasteiger partial charge in [0.2, 0.25) is 0 Å². The number of hydrogen-bond acceptors (Lipinski definition) is 3. The van der Waals surface area contributed by atoms with Crippen molar-refractivity contribution >= 4 is 5.82 Å². The zero-order chi connectivity index (χ0) is 13.1. The summed E-state index contributed by atoms with van der Waals surface area (Å²) in [6.45, 7) is 5.49. The van der Waals surface area contributed by atoms with Crippen LogP contribution >= 0.6 is 0 Å². The lowest BCUT2D eigenvalue weighted by Crippen LogP contribution is -2.28. The summed E-state index contributed by atoms with van der Waals surface area (Å²) in [4.78, 5) is 7.31. The molecule has 1 heterocycles. The monoisotopic (exact) mass is 259 g/mol. The summed E-state index contributed by atoms with van der Waals surface area (Å²) in [6, 6.07) is 7.21. The molecule has 3 nitrogen and oxygen atoms in total. The van der Waals surface area contributed by atoms with Crippen LogP contribution in [0, 0.1) is 5.92 Å². The first kappa shape index (κ1) is 12.9. The summed E-state index contributed by atoms with van der Waals surface area (Å²) in [7, 11) is 0. The molecule has 2 fully saturated rings. The van der Waals surface area contributed by atoms with Gasteiger partial charge in [-0.3, -0.25) is 0 Å². The molecule has 19 heavy (non-hydrogen) atoms. The molecule has 0 radical (unpaired) electrons. The van der Waals surface area contributed by atoms with E-state index in [1.54, 1.807) is 0 Å². The van der Waals surface area contributed by atoms with Crippen LogP contribution < -0.4 is 10.2 Å². The minimum absolute atomic E-state index is 0.753. The van der Waals surface area contributed by atoms with E-state index < -0.39 is 0 Å². The minimum Gasteiger partial charge on any atom is -0.356 e. The summed E-state index contributed by atoms with van der Waals surface area (Å²) in [5, 5.41) is 3.54. The van der Waals surface area contributed by atoms with Gasteiger partial charge in [-0.1, -0.05) is 13.0 Å². The summed E-state index contributed by atoms with van der Waals surface area (Å²) >= 11 is 0. The molecule has 0 spiro atoms. The van der Waals surface area contributed by atoms with E-state index in [1.165, 1.54) is 50.2 Å². The van der Waals surface area contributed by atoms with E-state index in [-0.39, 0.29) is 0 Å². The first-order valence-electron chi connectivity index (χ1n) is 7.79. The van der Waals surface area contributed by atoms with Gasteiger partial charge in [-0.2, -0.15) is 0 Å². The Kier molecular flexibility index (Phi) is 4.02. The third-order valence-corrected chi connectivity index (χ3v) is 3.93. The number of nitrogens with zero attached hydrogens (tertiary/aromatic N) is 2. The van der Waals surface area contributed by atoms with Gasteiger partial charge in [-0.25, -0.2) is 4.98 Å². The number of nitrogens with one attached hydrogen (secondary N) is 1. The van der Waals surface area contributed by atoms with Crippen LogP contribution in [-0.2, 0) is 6.54 Å². The highest BCUT2D eigenvalue weighted by Gasteiger charge is 2.25. The normalized spacial score (nSPS) is 18.6. The molecule has 0 atom stereocenters. The van der Waals surface area contributed by atoms with Crippen molar-refractivity contribution in [1.29, 1.82) is 0 Å². The van der Waals surface area contributed by atoms with Crippen LogP contribution in [0.1, 0.15) is 44.7 Å². The van der Waals surface area contributed by atoms with Crippen LogP contribution in [-0.4, -0.2) is 24.1 Å². The Labute approximate surface area is 116 Å². The third kappa shape index (κ3) is 3.93. The van der Waals surface area contributed by atoms with Crippen LogP contribution in [0.4, 0.5) is 5.82 Å². The Morgan fingerprint density at radius 3 is 2.79 bits per heavy atom. The molecule has 0 aliphatic heterocycles. The Hall–Kier alpha value is -1.09. The van der Waals surface area contributed by atoms with E-state index in [1.807, 2.05) is 0 Å². The van der Waals surface area contributed by atoms with Crippen LogP contribution in [0.25, 0.3) is 0 Å². The zero-order valence-corrected chi connectivity index (χ0v) is 11.9. The lowest BCUT2D eigenvalue weighted by atomic mass is 10.3. The van der Waals surface area contributed by atoms with E-state index in [0.717, 1.165) is 25.0 Å². The third-order valence-electron chi connectivity index (χ3n) is 3.93. The maximum atomic E-state index is 4.84. The van der Waals surface area contributed by atoms with Gasteiger partial charge in [0.15, 0.2) is 0 Å². The van der Waals surface area contributed by atoms with Crippen molar-refractivity contribution < 1.29 is 0 Å². The molecule has 2 aliphatic rings. The highest BCUT2D eigenvalue weighted by molar-refractivity contribution is 5.39. The van der Waals surface area contributed by atoms with Crippen LogP contribution in [0.3, 0.4) is 0 Å². The van der Waals surface area contributed by atoms with Gasteiger partial charge >= 0.3 is 0 Å². The number of hydrogen-bond donors (Lipinski definition) is 1. The second kappa shape index (κ2) is 5.91. The lowest BCUT2D eigenvalue weighted by Gasteiger charge is -2.23. The van der Waals surface area contributed by atoms with Crippen molar-refractivity contribution in [2.75, 3.05) is 18.0 Å². The summed E-state index contributed by atoms with van der Waals surface area (Å²) in [5.74, 6) is 2.09. The predicted molar refractivity (Wildman–Crippen MR) is 79.3 cm³/mol. The molecule has 3 heteroatoms. The largest absolute Gasteiger partial charge is 0.356 e. The molecule has 0 unspecified atom stereocenters. The highest BCUT2D eigenvalue weighted by atomic mass is 15.2. The van der Waals surface area contributed by atoms with E-state index in [0.29, 0.717) is 0 Å². The fourth-order valence-electron chi connectivity index (χ4n) is 2.46. The van der Waals surface area contributed by atoms with Crippen molar-refractivity contribution in [3.63, 3.8) is 0 Å². The lowest BCUT2D eigenvalue weighted by molar-refractivity contribution is 0.665. The van der Waals surface area contributed by atoms with Gasteiger partial charge in [-0.05, 0) is 50.2 Å². The van der Waals surface area contributed by atoms with E-state index in [9.17, 15) is 0 Å². The maximum Gasteiger partial charge on any atom is 0.128 e. The Morgan fingerprint density at radius 2 is 2.11 bits per heavy atom. The molecular weight excluding hydrogens is 234 g/mol. The topological polar surface area (TPSA) is 28.2 Å². The van der Waals surface area contributed by atoms with Gasteiger partial charge in [0.1, 0.15) is 5.82 Å². The van der Waals surface area contributed by atoms with Crippen LogP contribution in [0.2, 0.25) is 0 Å². The van der Waals surface area contributed by atoms with Gasteiger partial charge in [0.05, 0.1) is 5.69 Å². The van der Waals surface area contributed by atoms with E-state index in [4.69, 9.17) is 4.98 Å². The van der Waals surface area contributed by atoms with Gasteiger partial charge in [0.25, 0.3) is 0 Å². The second-order valence-corrected chi connectivity index (χ2v) is 6.03. The molecule has 0 aromatic carbocycles. The van der Waals surface area contributed by atoms with Gasteiger partial charge in [-0.15, -0.1) is 0 Å². The van der Waals surface area contributed by atoms with Crippen molar-refractivity contribution in [2.45, 2.75) is 51.6 Å². The van der Waals surface area contributed by atoms with Crippen molar-refractivity contribution in [3.8, 4) is 0 Å². The minimum atomic E-state index is 0.753. The zero-order valence-electron chi connectivity index (χ0n) is 11.9. The SMILES string of the molecule is CCCN(CC1CC1)c1cccc(CNC2CC2)n1. The van der Waals surface area contributed by atoms with Crippen LogP contribution in [0.15, 0.2) is 18.2 Å². The summed E-state index contributed by atoms with van der Waals surface area (Å²) < 4.78 is 0. The molecular formula is C16H25N3. The standard InChI is InChI=1S/C16H25N3/c1-2-10-19(12-13-6-7-13)16-5-3-4-15(18-16)11-17-14-8-9-14/h3-5,13-14,17H,2,6-12H2,1H3. The maximum absolute atomic E-state index is 4.84. The molecule has 104 valence electrons. The average Bonchev–Trinajstić information content (AvgIpc) is 3.31. The number of rotatable bonds is 8. The summed E-state index contributed by atoms with van der Waals surface area (Å²) in [5.41, 5.74) is 1.18. The first-order chi connectivity index (χ1) is 9.35. The Balaban J connectivity index is 1.63. The van der Waals surface area contributed by atoms with Crippen molar-refractivity contribution in [3.05, 3.63) is 23.9 Å². The average molecular weight is 259 g/mol. The molecule has 2 saturated carbocycles. The Morgan fingerprint density at radius 1 is 1.26 bits per heavy atom. The van der Waals surface area contributed by atoms with E-state index in [2.05, 4.69) is 35.3 Å². The van der Waals surface area contributed by atoms with Crippen molar-refractivity contribution in [2.24, 2.45) is 5.92 Å². The second-order valence-electron chi connectivity index (χ2n) is 6.03. The molecule has 1 aromatic heterocycles. The number of anilines is 1. The fourth-order valence-corrected chi connectivity index (χ4v) is 2.46. The molecule has 2 aliphatic carbocycles. The van der Waals surface area contributed by atoms with Crippen molar-refractivity contribution in [1.82, 2.24) is 10.3 Å². The summed E-state index contributed by atoms with van der Waals surface area (Å²) in [6.07, 6.45) is 6.68. The number of pyridine rings is 1. The molecule has 1 N–H and O–H groups in total. The molecule has 0 amide bonds. The van der Waals surface area contributed by atoms with E-state index >= 15 is 0 Å². The molecule has 0 saturated heterocycles. The Bertz CT molecular complexity index is 410. The first-order valence-corrected chi connectivity index (χ1v) is 7.79. The highest BCUT2D eigenvalue weighted by Crippen LogP contribution is 2.31. The predicted octanol–water partition coefficient (Wildman–Crippen LogP) is 2.96. The van der Waals surface area contributed by atoms with Gasteiger partial charge < -0.3 is 10.2 Å². The molecule has 0 bridgehead atoms. The fraction of sp³-hybridized carbons (Fsp3) is 0.688.